The van der Waals surface area contributed by atoms with Crippen LogP contribution in [0.3, 0.4) is 0 Å². The second-order valence-electron chi connectivity index (χ2n) is 3.04. The van der Waals surface area contributed by atoms with Gasteiger partial charge >= 0.3 is 0 Å². The van der Waals surface area contributed by atoms with Crippen LogP contribution < -0.4 is 5.73 Å². The van der Waals surface area contributed by atoms with Crippen LogP contribution in [-0.4, -0.2) is 4.98 Å². The lowest BCUT2D eigenvalue weighted by atomic mass is 10.2. The van der Waals surface area contributed by atoms with E-state index in [1.807, 2.05) is 0 Å². The molecule has 0 fully saturated rings. The quantitative estimate of drug-likeness (QED) is 0.861. The number of aromatic nitrogens is 1. The third-order valence-electron chi connectivity index (χ3n) is 1.91. The molecule has 0 spiro atoms. The molecule has 0 radical (unpaired) electrons. The number of hydrogen-bond acceptors (Lipinski definition) is 3. The number of hydrogen-bond donors (Lipinski definition) is 1. The first-order chi connectivity index (χ1) is 6.66. The lowest BCUT2D eigenvalue weighted by molar-refractivity contribution is 1.40. The Hall–Kier alpha value is -0.870. The van der Waals surface area contributed by atoms with Gasteiger partial charge in [-0.2, -0.15) is 0 Å². The van der Waals surface area contributed by atoms with Gasteiger partial charge in [-0.05, 0) is 22.9 Å². The monoisotopic (exact) mass is 268 g/mol. The van der Waals surface area contributed by atoms with Crippen LogP contribution in [0, 0.1) is 6.92 Å². The summed E-state index contributed by atoms with van der Waals surface area (Å²) in [7, 11) is 0. The van der Waals surface area contributed by atoms with E-state index in [1.54, 1.807) is 11.3 Å². The van der Waals surface area contributed by atoms with Gasteiger partial charge in [-0.25, -0.2) is 4.98 Å². The van der Waals surface area contributed by atoms with Crippen LogP contribution in [0.15, 0.2) is 28.1 Å². The smallest absolute Gasteiger partial charge is 0.149 e. The van der Waals surface area contributed by atoms with Gasteiger partial charge in [-0.3, -0.25) is 0 Å². The summed E-state index contributed by atoms with van der Waals surface area (Å²) in [4.78, 5) is 4.26. The highest BCUT2D eigenvalue weighted by Gasteiger charge is 2.06. The maximum atomic E-state index is 5.66. The second kappa shape index (κ2) is 3.71. The molecule has 0 bridgehead atoms. The predicted octanol–water partition coefficient (Wildman–Crippen LogP) is 3.46. The summed E-state index contributed by atoms with van der Waals surface area (Å²) in [5, 5.41) is 0.953. The summed E-state index contributed by atoms with van der Waals surface area (Å²) < 4.78 is 0.896. The van der Waals surface area contributed by atoms with Gasteiger partial charge in [0.15, 0.2) is 0 Å². The Balaban J connectivity index is 2.44. The normalized spacial score (nSPS) is 10.4. The van der Waals surface area contributed by atoms with Gasteiger partial charge in [0.1, 0.15) is 14.6 Å². The molecular weight excluding hydrogens is 260 g/mol. The number of aryl methyl sites for hydroxylation is 1. The summed E-state index contributed by atoms with van der Waals surface area (Å²) in [5.41, 5.74) is 8.02. The maximum absolute atomic E-state index is 5.66. The van der Waals surface area contributed by atoms with Crippen LogP contribution in [-0.2, 0) is 0 Å². The molecule has 2 aromatic rings. The fraction of sp³-hybridized carbons (Fsp3) is 0.100. The molecule has 2 nitrogen and oxygen atoms in total. The molecule has 2 rings (SSSR count). The molecule has 4 heteroatoms. The molecule has 0 saturated heterocycles. The second-order valence-corrected chi connectivity index (χ2v) is 5.36. The minimum Gasteiger partial charge on any atom is -0.382 e. The van der Waals surface area contributed by atoms with Crippen LogP contribution in [0.25, 0.3) is 10.6 Å². The largest absolute Gasteiger partial charge is 0.382 e. The topological polar surface area (TPSA) is 38.9 Å². The Kier molecular flexibility index (Phi) is 2.56. The standard InChI is InChI=1S/C10H9BrN2S/c1-6-2-4-7(5-3-6)10-13-9(12)8(11)14-10/h2-5H,12H2,1H3. The number of nitrogens with zero attached hydrogens (tertiary/aromatic N) is 1. The molecule has 0 aliphatic heterocycles. The molecule has 0 aliphatic carbocycles. The Bertz CT molecular complexity index is 428. The van der Waals surface area contributed by atoms with E-state index in [9.17, 15) is 0 Å². The molecule has 0 unspecified atom stereocenters. The Morgan fingerprint density at radius 2 is 1.93 bits per heavy atom. The van der Waals surface area contributed by atoms with E-state index < -0.39 is 0 Å². The van der Waals surface area contributed by atoms with Crippen molar-refractivity contribution in [1.82, 2.24) is 4.98 Å². The average Bonchev–Trinajstić information content (AvgIpc) is 2.48. The number of anilines is 1. The third-order valence-corrected chi connectivity index (χ3v) is 3.71. The first-order valence-corrected chi connectivity index (χ1v) is 5.76. The number of nitrogens with two attached hydrogens (primary N) is 1. The fourth-order valence-corrected chi connectivity index (χ4v) is 2.40. The van der Waals surface area contributed by atoms with Gasteiger partial charge < -0.3 is 5.73 Å². The maximum Gasteiger partial charge on any atom is 0.149 e. The van der Waals surface area contributed by atoms with Crippen molar-refractivity contribution in [3.8, 4) is 10.6 Å². The van der Waals surface area contributed by atoms with E-state index in [2.05, 4.69) is 52.1 Å². The van der Waals surface area contributed by atoms with E-state index in [0.717, 1.165) is 14.4 Å². The zero-order valence-corrected chi connectivity index (χ0v) is 10.0. The number of halogens is 1. The third kappa shape index (κ3) is 1.81. The molecule has 72 valence electrons. The van der Waals surface area contributed by atoms with Gasteiger partial charge in [0, 0.05) is 5.56 Å². The minimum absolute atomic E-state index is 0.561. The van der Waals surface area contributed by atoms with Gasteiger partial charge in [0.25, 0.3) is 0 Å². The van der Waals surface area contributed by atoms with Gasteiger partial charge in [0.05, 0.1) is 0 Å². The molecular formula is C10H9BrN2S. The van der Waals surface area contributed by atoms with E-state index in [-0.39, 0.29) is 0 Å². The van der Waals surface area contributed by atoms with Crippen LogP contribution in [0.5, 0.6) is 0 Å². The summed E-state index contributed by atoms with van der Waals surface area (Å²) in [6, 6.07) is 8.25. The Morgan fingerprint density at radius 1 is 1.29 bits per heavy atom. The fourth-order valence-electron chi connectivity index (χ4n) is 1.13. The molecule has 2 N–H and O–H groups in total. The van der Waals surface area contributed by atoms with E-state index in [4.69, 9.17) is 5.73 Å². The Labute approximate surface area is 94.9 Å². The summed E-state index contributed by atoms with van der Waals surface area (Å²) in [6.45, 7) is 2.07. The molecule has 0 aliphatic rings. The predicted molar refractivity (Wildman–Crippen MR) is 64.4 cm³/mol. The van der Waals surface area contributed by atoms with E-state index >= 15 is 0 Å². The van der Waals surface area contributed by atoms with E-state index in [1.165, 1.54) is 5.56 Å². The Morgan fingerprint density at radius 3 is 2.43 bits per heavy atom. The molecule has 0 atom stereocenters. The van der Waals surface area contributed by atoms with Crippen molar-refractivity contribution in [2.24, 2.45) is 0 Å². The molecule has 0 saturated carbocycles. The molecule has 1 heterocycles. The summed E-state index contributed by atoms with van der Waals surface area (Å²) in [5.74, 6) is 0.561. The van der Waals surface area contributed by atoms with Crippen LogP contribution >= 0.6 is 27.3 Å². The number of benzene rings is 1. The van der Waals surface area contributed by atoms with Gasteiger partial charge in [-0.15, -0.1) is 11.3 Å². The van der Waals surface area contributed by atoms with Crippen LogP contribution in [0.2, 0.25) is 0 Å². The number of thiazole rings is 1. The summed E-state index contributed by atoms with van der Waals surface area (Å²) >= 11 is 4.91. The first-order valence-electron chi connectivity index (χ1n) is 4.15. The van der Waals surface area contributed by atoms with Gasteiger partial charge in [0.2, 0.25) is 0 Å². The van der Waals surface area contributed by atoms with Crippen molar-refractivity contribution in [2.45, 2.75) is 6.92 Å². The number of nitrogen functional groups attached to an aromatic ring is 1. The highest BCUT2D eigenvalue weighted by Crippen LogP contribution is 2.33. The van der Waals surface area contributed by atoms with Crippen molar-refractivity contribution in [1.29, 1.82) is 0 Å². The van der Waals surface area contributed by atoms with Crippen molar-refractivity contribution in [3.05, 3.63) is 33.6 Å². The minimum atomic E-state index is 0.561. The molecule has 0 amide bonds. The molecule has 1 aromatic carbocycles. The van der Waals surface area contributed by atoms with E-state index in [0.29, 0.717) is 5.82 Å². The van der Waals surface area contributed by atoms with Crippen molar-refractivity contribution in [3.63, 3.8) is 0 Å². The first kappa shape index (κ1) is 9.68. The summed E-state index contributed by atoms with van der Waals surface area (Å²) in [6.07, 6.45) is 0. The lowest BCUT2D eigenvalue weighted by Crippen LogP contribution is -1.84. The average molecular weight is 269 g/mol. The van der Waals surface area contributed by atoms with Crippen molar-refractivity contribution in [2.75, 3.05) is 5.73 Å². The van der Waals surface area contributed by atoms with Crippen LogP contribution in [0.1, 0.15) is 5.56 Å². The zero-order valence-electron chi connectivity index (χ0n) is 7.62. The lowest BCUT2D eigenvalue weighted by Gasteiger charge is -1.95. The molecule has 14 heavy (non-hydrogen) atoms. The van der Waals surface area contributed by atoms with Gasteiger partial charge in [-0.1, -0.05) is 29.8 Å². The number of rotatable bonds is 1. The highest BCUT2D eigenvalue weighted by atomic mass is 79.9. The van der Waals surface area contributed by atoms with Crippen molar-refractivity contribution >= 4 is 33.1 Å². The van der Waals surface area contributed by atoms with Crippen molar-refractivity contribution < 1.29 is 0 Å². The highest BCUT2D eigenvalue weighted by molar-refractivity contribution is 9.11. The SMILES string of the molecule is Cc1ccc(-c2nc(N)c(Br)s2)cc1. The molecule has 1 aromatic heterocycles. The van der Waals surface area contributed by atoms with Crippen LogP contribution in [0.4, 0.5) is 5.82 Å². The zero-order chi connectivity index (χ0) is 10.1.